The summed E-state index contributed by atoms with van der Waals surface area (Å²) in [7, 11) is 0. The van der Waals surface area contributed by atoms with E-state index in [0.717, 1.165) is 25.1 Å². The molecular weight excluding hydrogens is 278 g/mol. The standard InChI is InChI=1S/C17H23N3S/c1-2-7-15(16-10-6-11-21-16)20-17-13-8-4-3-5-9-14(13)18-12-19-17/h6,10-12,15H,2-5,7-9H2,1H3,(H,18,19,20). The molecule has 0 aliphatic heterocycles. The lowest BCUT2D eigenvalue weighted by Crippen LogP contribution is -2.13. The van der Waals surface area contributed by atoms with E-state index in [1.54, 1.807) is 6.33 Å². The summed E-state index contributed by atoms with van der Waals surface area (Å²) in [5, 5.41) is 5.85. The van der Waals surface area contributed by atoms with Gasteiger partial charge >= 0.3 is 0 Å². The summed E-state index contributed by atoms with van der Waals surface area (Å²) < 4.78 is 0. The molecule has 0 saturated heterocycles. The van der Waals surface area contributed by atoms with E-state index < -0.39 is 0 Å². The van der Waals surface area contributed by atoms with E-state index >= 15 is 0 Å². The van der Waals surface area contributed by atoms with Gasteiger partial charge in [0, 0.05) is 16.1 Å². The van der Waals surface area contributed by atoms with Gasteiger partial charge in [-0.2, -0.15) is 0 Å². The van der Waals surface area contributed by atoms with Crippen molar-refractivity contribution in [2.45, 2.75) is 57.9 Å². The smallest absolute Gasteiger partial charge is 0.133 e. The minimum Gasteiger partial charge on any atom is -0.362 e. The number of aryl methyl sites for hydroxylation is 1. The van der Waals surface area contributed by atoms with Crippen molar-refractivity contribution < 1.29 is 0 Å². The summed E-state index contributed by atoms with van der Waals surface area (Å²) in [6.45, 7) is 2.24. The average molecular weight is 301 g/mol. The first-order valence-corrected chi connectivity index (χ1v) is 8.89. The maximum Gasteiger partial charge on any atom is 0.133 e. The van der Waals surface area contributed by atoms with Crippen LogP contribution in [0, 0.1) is 0 Å². The van der Waals surface area contributed by atoms with E-state index in [9.17, 15) is 0 Å². The Hall–Kier alpha value is -1.42. The Kier molecular flexibility index (Phi) is 4.86. The van der Waals surface area contributed by atoms with Crippen LogP contribution in [0.15, 0.2) is 23.8 Å². The van der Waals surface area contributed by atoms with Crippen molar-refractivity contribution >= 4 is 17.2 Å². The van der Waals surface area contributed by atoms with Crippen LogP contribution in [0.3, 0.4) is 0 Å². The van der Waals surface area contributed by atoms with Crippen LogP contribution in [-0.4, -0.2) is 9.97 Å². The predicted molar refractivity (Wildman–Crippen MR) is 88.9 cm³/mol. The van der Waals surface area contributed by atoms with Crippen LogP contribution >= 0.6 is 11.3 Å². The first kappa shape index (κ1) is 14.5. The number of fused-ring (bicyclic) bond motifs is 1. The predicted octanol–water partition coefficient (Wildman–Crippen LogP) is 4.76. The summed E-state index contributed by atoms with van der Waals surface area (Å²) in [6.07, 6.45) is 10.1. The fourth-order valence-corrected chi connectivity index (χ4v) is 3.86. The zero-order valence-electron chi connectivity index (χ0n) is 12.6. The lowest BCUT2D eigenvalue weighted by molar-refractivity contribution is 0.681. The Balaban J connectivity index is 1.86. The maximum atomic E-state index is 4.55. The highest BCUT2D eigenvalue weighted by atomic mass is 32.1. The second-order valence-electron chi connectivity index (χ2n) is 5.71. The van der Waals surface area contributed by atoms with Gasteiger partial charge in [-0.3, -0.25) is 0 Å². The van der Waals surface area contributed by atoms with Crippen LogP contribution in [0.1, 0.15) is 61.2 Å². The van der Waals surface area contributed by atoms with Crippen LogP contribution in [0.4, 0.5) is 5.82 Å². The van der Waals surface area contributed by atoms with Crippen molar-refractivity contribution in [1.29, 1.82) is 0 Å². The van der Waals surface area contributed by atoms with Crippen molar-refractivity contribution in [1.82, 2.24) is 9.97 Å². The first-order valence-electron chi connectivity index (χ1n) is 8.01. The highest BCUT2D eigenvalue weighted by Crippen LogP contribution is 2.30. The number of anilines is 1. The number of nitrogens with zero attached hydrogens (tertiary/aromatic N) is 2. The third-order valence-electron chi connectivity index (χ3n) is 4.15. The van der Waals surface area contributed by atoms with Crippen molar-refractivity contribution in [3.05, 3.63) is 40.0 Å². The molecule has 0 radical (unpaired) electrons. The zero-order chi connectivity index (χ0) is 14.5. The molecule has 0 fully saturated rings. The summed E-state index contributed by atoms with van der Waals surface area (Å²) in [5.74, 6) is 1.06. The molecule has 0 spiro atoms. The average Bonchev–Trinajstić information content (AvgIpc) is 2.92. The van der Waals surface area contributed by atoms with Crippen molar-refractivity contribution in [3.63, 3.8) is 0 Å². The summed E-state index contributed by atoms with van der Waals surface area (Å²) in [4.78, 5) is 10.5. The highest BCUT2D eigenvalue weighted by molar-refractivity contribution is 7.10. The van der Waals surface area contributed by atoms with Crippen LogP contribution in [0.2, 0.25) is 0 Å². The second kappa shape index (κ2) is 7.03. The van der Waals surface area contributed by atoms with Gasteiger partial charge in [-0.25, -0.2) is 9.97 Å². The molecule has 1 N–H and O–H groups in total. The van der Waals surface area contributed by atoms with Gasteiger partial charge in [0.1, 0.15) is 12.1 Å². The molecule has 21 heavy (non-hydrogen) atoms. The fraction of sp³-hybridized carbons (Fsp3) is 0.529. The lowest BCUT2D eigenvalue weighted by Gasteiger charge is -2.20. The van der Waals surface area contributed by atoms with Gasteiger partial charge in [-0.1, -0.05) is 25.8 Å². The molecule has 0 bridgehead atoms. The SMILES string of the molecule is CCCC(Nc1ncnc2c1CCCCC2)c1cccs1. The minimum atomic E-state index is 0.372. The van der Waals surface area contributed by atoms with Gasteiger partial charge in [0.15, 0.2) is 0 Å². The zero-order valence-corrected chi connectivity index (χ0v) is 13.5. The maximum absolute atomic E-state index is 4.55. The third kappa shape index (κ3) is 3.43. The van der Waals surface area contributed by atoms with E-state index in [1.807, 2.05) is 11.3 Å². The van der Waals surface area contributed by atoms with E-state index in [-0.39, 0.29) is 0 Å². The van der Waals surface area contributed by atoms with E-state index in [1.165, 1.54) is 41.8 Å². The summed E-state index contributed by atoms with van der Waals surface area (Å²) in [5.41, 5.74) is 2.61. The number of aromatic nitrogens is 2. The Labute approximate surface area is 130 Å². The molecule has 3 rings (SSSR count). The molecule has 1 unspecified atom stereocenters. The van der Waals surface area contributed by atoms with Crippen LogP contribution in [0.5, 0.6) is 0 Å². The molecule has 1 atom stereocenters. The molecule has 4 heteroatoms. The molecular formula is C17H23N3S. The van der Waals surface area contributed by atoms with Gasteiger partial charge in [0.05, 0.1) is 6.04 Å². The molecule has 2 heterocycles. The molecule has 2 aromatic heterocycles. The Morgan fingerprint density at radius 3 is 2.95 bits per heavy atom. The third-order valence-corrected chi connectivity index (χ3v) is 5.14. The summed E-state index contributed by atoms with van der Waals surface area (Å²) in [6, 6.07) is 4.72. The Morgan fingerprint density at radius 1 is 1.24 bits per heavy atom. The van der Waals surface area contributed by atoms with E-state index in [2.05, 4.69) is 39.7 Å². The first-order chi connectivity index (χ1) is 10.4. The quantitative estimate of drug-likeness (QED) is 0.809. The van der Waals surface area contributed by atoms with Crippen molar-refractivity contribution in [2.24, 2.45) is 0 Å². The van der Waals surface area contributed by atoms with E-state index in [4.69, 9.17) is 0 Å². The number of nitrogens with one attached hydrogen (secondary N) is 1. The molecule has 1 aliphatic carbocycles. The Morgan fingerprint density at radius 2 is 2.14 bits per heavy atom. The van der Waals surface area contributed by atoms with Crippen molar-refractivity contribution in [2.75, 3.05) is 5.32 Å². The summed E-state index contributed by atoms with van der Waals surface area (Å²) >= 11 is 1.83. The monoisotopic (exact) mass is 301 g/mol. The molecule has 0 aromatic carbocycles. The number of hydrogen-bond donors (Lipinski definition) is 1. The number of rotatable bonds is 5. The van der Waals surface area contributed by atoms with Crippen LogP contribution < -0.4 is 5.32 Å². The number of thiophene rings is 1. The molecule has 0 saturated carbocycles. The normalized spacial score (nSPS) is 16.0. The number of hydrogen-bond acceptors (Lipinski definition) is 4. The van der Waals surface area contributed by atoms with E-state index in [0.29, 0.717) is 6.04 Å². The van der Waals surface area contributed by atoms with Gasteiger partial charge in [-0.15, -0.1) is 11.3 Å². The van der Waals surface area contributed by atoms with Crippen LogP contribution in [-0.2, 0) is 12.8 Å². The van der Waals surface area contributed by atoms with Crippen molar-refractivity contribution in [3.8, 4) is 0 Å². The van der Waals surface area contributed by atoms with Gasteiger partial charge < -0.3 is 5.32 Å². The van der Waals surface area contributed by atoms with Gasteiger partial charge in [-0.05, 0) is 43.6 Å². The lowest BCUT2D eigenvalue weighted by atomic mass is 10.1. The highest BCUT2D eigenvalue weighted by Gasteiger charge is 2.18. The second-order valence-corrected chi connectivity index (χ2v) is 6.69. The molecule has 0 amide bonds. The minimum absolute atomic E-state index is 0.372. The molecule has 2 aromatic rings. The molecule has 1 aliphatic rings. The van der Waals surface area contributed by atoms with Gasteiger partial charge in [0.25, 0.3) is 0 Å². The van der Waals surface area contributed by atoms with Crippen LogP contribution in [0.25, 0.3) is 0 Å². The van der Waals surface area contributed by atoms with Gasteiger partial charge in [0.2, 0.25) is 0 Å². The molecule has 112 valence electrons. The largest absolute Gasteiger partial charge is 0.362 e. The fourth-order valence-electron chi connectivity index (χ4n) is 3.05. The topological polar surface area (TPSA) is 37.8 Å². The molecule has 3 nitrogen and oxygen atoms in total. The Bertz CT molecular complexity index is 565.